The van der Waals surface area contributed by atoms with Crippen LogP contribution in [0.1, 0.15) is 90.5 Å². The fourth-order valence-corrected chi connectivity index (χ4v) is 7.60. The molecule has 254 valence electrons. The van der Waals surface area contributed by atoms with Crippen molar-refractivity contribution in [2.75, 3.05) is 13.2 Å². The summed E-state index contributed by atoms with van der Waals surface area (Å²) in [6.07, 6.45) is 5.53. The van der Waals surface area contributed by atoms with Crippen molar-refractivity contribution in [3.05, 3.63) is 93.6 Å². The van der Waals surface area contributed by atoms with E-state index >= 15 is 0 Å². The molecule has 1 aliphatic carbocycles. The standard InChI is InChI=1S/C39H42N4O6/c1-6-25-20(2)30-14-35-28-11-7-23(36(47)19-45)17-39(28,5)37(43-35)16-31-22(4)26(9-8-24(46)18-44)33(42-31)15-34-27(10-12-38(48)49)21(3)29(41-34)13-32(25)40-30/h6-7,13-16,28,41-42,44-45H,1,8-12,17-19H2,2-5H3,(H,48,49)/t28?,39-/m1/s1. The van der Waals surface area contributed by atoms with Crippen LogP contribution in [0.15, 0.2) is 48.6 Å². The Morgan fingerprint density at radius 3 is 2.16 bits per heavy atom. The predicted octanol–water partition coefficient (Wildman–Crippen LogP) is 5.88. The summed E-state index contributed by atoms with van der Waals surface area (Å²) in [5.74, 6) is -1.48. The maximum absolute atomic E-state index is 12.7. The lowest BCUT2D eigenvalue weighted by Crippen LogP contribution is -2.32. The van der Waals surface area contributed by atoms with Gasteiger partial charge in [-0.2, -0.15) is 0 Å². The van der Waals surface area contributed by atoms with Gasteiger partial charge in [0.2, 0.25) is 0 Å². The maximum Gasteiger partial charge on any atom is 0.303 e. The van der Waals surface area contributed by atoms with Gasteiger partial charge < -0.3 is 25.3 Å². The molecule has 10 heteroatoms. The summed E-state index contributed by atoms with van der Waals surface area (Å²) >= 11 is 0. The molecule has 3 aromatic heterocycles. The molecule has 0 saturated carbocycles. The first-order valence-corrected chi connectivity index (χ1v) is 16.6. The van der Waals surface area contributed by atoms with Gasteiger partial charge in [0.15, 0.2) is 11.6 Å². The topological polar surface area (TPSA) is 169 Å². The highest BCUT2D eigenvalue weighted by atomic mass is 16.4. The van der Waals surface area contributed by atoms with E-state index in [1.807, 2.05) is 51.1 Å². The van der Waals surface area contributed by atoms with Crippen LogP contribution in [-0.4, -0.2) is 66.0 Å². The van der Waals surface area contributed by atoms with Crippen molar-refractivity contribution in [1.82, 2.24) is 19.9 Å². The molecule has 0 saturated heterocycles. The molecule has 49 heavy (non-hydrogen) atoms. The van der Waals surface area contributed by atoms with E-state index in [1.54, 1.807) is 6.08 Å². The molecular formula is C39H42N4O6. The summed E-state index contributed by atoms with van der Waals surface area (Å²) in [7, 11) is 0. The van der Waals surface area contributed by atoms with Crippen LogP contribution in [0.3, 0.4) is 0 Å². The zero-order valence-corrected chi connectivity index (χ0v) is 28.4. The molecule has 3 aliphatic rings. The highest BCUT2D eigenvalue weighted by Crippen LogP contribution is 2.51. The molecule has 5 N–H and O–H groups in total. The van der Waals surface area contributed by atoms with Crippen LogP contribution in [0.5, 0.6) is 0 Å². The summed E-state index contributed by atoms with van der Waals surface area (Å²) in [6.45, 7) is 11.1. The number of ketones is 2. The van der Waals surface area contributed by atoms with E-state index in [0.717, 1.165) is 78.2 Å². The molecule has 2 atom stereocenters. The molecule has 0 amide bonds. The van der Waals surface area contributed by atoms with Gasteiger partial charge in [-0.3, -0.25) is 19.4 Å². The molecule has 5 heterocycles. The van der Waals surface area contributed by atoms with E-state index in [-0.39, 0.29) is 30.3 Å². The molecule has 0 fully saturated rings. The predicted molar refractivity (Wildman–Crippen MR) is 189 cm³/mol. The molecule has 3 aromatic rings. The molecule has 6 rings (SSSR count). The Morgan fingerprint density at radius 2 is 1.55 bits per heavy atom. The lowest BCUT2D eigenvalue weighted by atomic mass is 9.66. The third-order valence-corrected chi connectivity index (χ3v) is 10.6. The molecule has 0 radical (unpaired) electrons. The quantitative estimate of drug-likeness (QED) is 0.179. The number of aryl methyl sites for hydroxylation is 4. The van der Waals surface area contributed by atoms with Crippen molar-refractivity contribution in [2.24, 2.45) is 0 Å². The van der Waals surface area contributed by atoms with Crippen LogP contribution in [0.4, 0.5) is 0 Å². The molecule has 0 spiro atoms. The van der Waals surface area contributed by atoms with Crippen LogP contribution in [0.25, 0.3) is 33.2 Å². The number of nitrogens with zero attached hydrogens (tertiary/aromatic N) is 2. The number of rotatable bonds is 10. The van der Waals surface area contributed by atoms with E-state index in [4.69, 9.17) is 9.97 Å². The Balaban J connectivity index is 1.72. The Labute approximate surface area is 284 Å². The zero-order valence-electron chi connectivity index (χ0n) is 28.4. The average molecular weight is 663 g/mol. The molecule has 2 aliphatic heterocycles. The number of hydrogen-bond acceptors (Lipinski definition) is 7. The molecule has 0 aromatic carbocycles. The number of carbonyl (C=O) groups is 3. The van der Waals surface area contributed by atoms with Gasteiger partial charge in [0, 0.05) is 63.2 Å². The number of H-pyrrole nitrogens is 2. The van der Waals surface area contributed by atoms with Gasteiger partial charge in [-0.25, -0.2) is 4.98 Å². The number of allylic oxidation sites excluding steroid dienone is 4. The molecular weight excluding hydrogens is 620 g/mol. The first-order valence-electron chi connectivity index (χ1n) is 16.6. The second-order valence-corrected chi connectivity index (χ2v) is 13.5. The monoisotopic (exact) mass is 662 g/mol. The zero-order chi connectivity index (χ0) is 35.2. The second-order valence-electron chi connectivity index (χ2n) is 13.5. The minimum atomic E-state index is -0.893. The highest BCUT2D eigenvalue weighted by Gasteiger charge is 2.46. The SMILES string of the molecule is C=CC1=C(C)c2cc3nc(cc4[nH]c(cc5[nH]c(cc1n2)c(C)c5CCC(=O)O)c(CCC(=O)CO)c4C)[C@]1(C)CC(C(=O)CO)=CCC31. The van der Waals surface area contributed by atoms with Crippen LogP contribution in [0, 0.1) is 13.8 Å². The third kappa shape index (κ3) is 6.11. The van der Waals surface area contributed by atoms with E-state index in [2.05, 4.69) is 23.5 Å². The van der Waals surface area contributed by atoms with Crippen molar-refractivity contribution in [3.8, 4) is 0 Å². The number of aromatic amines is 2. The van der Waals surface area contributed by atoms with Gasteiger partial charge in [-0.15, -0.1) is 0 Å². The van der Waals surface area contributed by atoms with Crippen molar-refractivity contribution >= 4 is 50.7 Å². The van der Waals surface area contributed by atoms with E-state index in [9.17, 15) is 29.7 Å². The summed E-state index contributed by atoms with van der Waals surface area (Å²) in [6, 6.07) is 7.98. The lowest BCUT2D eigenvalue weighted by Gasteiger charge is -2.35. The molecule has 8 bridgehead atoms. The Bertz CT molecular complexity index is 2150. The summed E-state index contributed by atoms with van der Waals surface area (Å²) in [5.41, 5.74) is 11.8. The normalized spacial score (nSPS) is 18.7. The Hall–Kier alpha value is -4.93. The number of aliphatic hydroxyl groups excluding tert-OH is 2. The van der Waals surface area contributed by atoms with Crippen LogP contribution < -0.4 is 0 Å². The van der Waals surface area contributed by atoms with Gasteiger partial charge >= 0.3 is 5.97 Å². The average Bonchev–Trinajstić information content (AvgIpc) is 3.73. The highest BCUT2D eigenvalue weighted by molar-refractivity contribution is 5.97. The van der Waals surface area contributed by atoms with Crippen LogP contribution in [0.2, 0.25) is 0 Å². The largest absolute Gasteiger partial charge is 0.481 e. The smallest absolute Gasteiger partial charge is 0.303 e. The van der Waals surface area contributed by atoms with Crippen molar-refractivity contribution < 1.29 is 29.7 Å². The number of nitrogens with one attached hydrogen (secondary N) is 2. The second kappa shape index (κ2) is 13.2. The van der Waals surface area contributed by atoms with E-state index in [0.29, 0.717) is 31.3 Å². The van der Waals surface area contributed by atoms with Gasteiger partial charge in [-0.1, -0.05) is 25.7 Å². The molecule has 10 nitrogen and oxygen atoms in total. The van der Waals surface area contributed by atoms with E-state index < -0.39 is 24.6 Å². The van der Waals surface area contributed by atoms with Crippen molar-refractivity contribution in [1.29, 1.82) is 0 Å². The minimum Gasteiger partial charge on any atom is -0.481 e. The number of aliphatic hydroxyl groups is 2. The first-order chi connectivity index (χ1) is 23.4. The van der Waals surface area contributed by atoms with Crippen molar-refractivity contribution in [3.63, 3.8) is 0 Å². The summed E-state index contributed by atoms with van der Waals surface area (Å²) in [4.78, 5) is 54.0. The van der Waals surface area contributed by atoms with Crippen LogP contribution in [-0.2, 0) is 32.6 Å². The Kier molecular flexibility index (Phi) is 9.13. The summed E-state index contributed by atoms with van der Waals surface area (Å²) < 4.78 is 0. The summed E-state index contributed by atoms with van der Waals surface area (Å²) in [5, 5.41) is 28.7. The number of carboxylic acids is 1. The number of fused-ring (bicyclic) bond motifs is 11. The number of carbonyl (C=O) groups excluding carboxylic acids is 2. The number of aromatic nitrogens is 4. The lowest BCUT2D eigenvalue weighted by molar-refractivity contribution is -0.137. The third-order valence-electron chi connectivity index (χ3n) is 10.6. The fourth-order valence-electron chi connectivity index (χ4n) is 7.60. The van der Waals surface area contributed by atoms with Gasteiger partial charge in [-0.05, 0) is 104 Å². The maximum atomic E-state index is 12.7. The minimum absolute atomic E-state index is 0.0343. The molecule has 1 unspecified atom stereocenters. The number of hydrogen-bond donors (Lipinski definition) is 5. The van der Waals surface area contributed by atoms with E-state index in [1.165, 1.54) is 0 Å². The van der Waals surface area contributed by atoms with Gasteiger partial charge in [0.25, 0.3) is 0 Å². The number of aliphatic carboxylic acids is 1. The first kappa shape index (κ1) is 34.0. The van der Waals surface area contributed by atoms with Crippen molar-refractivity contribution in [2.45, 2.75) is 77.6 Å². The van der Waals surface area contributed by atoms with Gasteiger partial charge in [0.05, 0.1) is 11.4 Å². The van der Waals surface area contributed by atoms with Crippen LogP contribution >= 0.6 is 0 Å². The van der Waals surface area contributed by atoms with Gasteiger partial charge in [0.1, 0.15) is 13.2 Å². The number of carboxylic acid groups (broad SMARTS) is 1. The Morgan fingerprint density at radius 1 is 0.898 bits per heavy atom. The fraction of sp³-hybridized carbons (Fsp3) is 0.359. The number of Topliss-reactive ketones (excluding diaryl/α,β-unsaturated/α-hetero) is 2.